The molecule has 140 valence electrons. The number of hydrogen-bond acceptors (Lipinski definition) is 4. The Morgan fingerprint density at radius 1 is 1.19 bits per heavy atom. The van der Waals surface area contributed by atoms with Gasteiger partial charge in [-0.1, -0.05) is 17.7 Å². The van der Waals surface area contributed by atoms with Crippen molar-refractivity contribution in [2.24, 2.45) is 0 Å². The standard InChI is InChI=1S/C18H22ClN3O3S/c1-13(2)22(4)26(24,25)15-8-9-17(19)16(11-15)18(23)21(3)12-14-7-5-6-10-20-14/h5-11,13H,12H2,1-4H3. The minimum atomic E-state index is -3.70. The summed E-state index contributed by atoms with van der Waals surface area (Å²) in [6.45, 7) is 3.85. The van der Waals surface area contributed by atoms with Gasteiger partial charge in [-0.3, -0.25) is 9.78 Å². The lowest BCUT2D eigenvalue weighted by atomic mass is 10.2. The van der Waals surface area contributed by atoms with E-state index in [2.05, 4.69) is 4.98 Å². The van der Waals surface area contributed by atoms with Gasteiger partial charge in [0.15, 0.2) is 0 Å². The lowest BCUT2D eigenvalue weighted by Crippen LogP contribution is -2.33. The highest BCUT2D eigenvalue weighted by Gasteiger charge is 2.25. The van der Waals surface area contributed by atoms with Gasteiger partial charge in [0.2, 0.25) is 10.0 Å². The van der Waals surface area contributed by atoms with E-state index in [0.29, 0.717) is 6.54 Å². The smallest absolute Gasteiger partial charge is 0.255 e. The predicted molar refractivity (Wildman–Crippen MR) is 102 cm³/mol. The van der Waals surface area contributed by atoms with Gasteiger partial charge in [-0.15, -0.1) is 0 Å². The zero-order valence-corrected chi connectivity index (χ0v) is 16.8. The van der Waals surface area contributed by atoms with E-state index in [1.54, 1.807) is 33.2 Å². The Kier molecular flexibility index (Phi) is 6.39. The van der Waals surface area contributed by atoms with Crippen molar-refractivity contribution in [2.75, 3.05) is 14.1 Å². The van der Waals surface area contributed by atoms with Crippen LogP contribution in [-0.4, -0.2) is 48.7 Å². The fourth-order valence-electron chi connectivity index (χ4n) is 2.28. The highest BCUT2D eigenvalue weighted by atomic mass is 35.5. The number of halogens is 1. The van der Waals surface area contributed by atoms with Crippen molar-refractivity contribution in [3.05, 3.63) is 58.9 Å². The minimum absolute atomic E-state index is 0.0349. The summed E-state index contributed by atoms with van der Waals surface area (Å²) in [5, 5.41) is 0.203. The van der Waals surface area contributed by atoms with E-state index in [0.717, 1.165) is 5.69 Å². The van der Waals surface area contributed by atoms with Gasteiger partial charge in [-0.2, -0.15) is 4.31 Å². The molecule has 2 aromatic rings. The third-order valence-corrected chi connectivity index (χ3v) is 6.40. The first-order valence-electron chi connectivity index (χ1n) is 8.07. The lowest BCUT2D eigenvalue weighted by Gasteiger charge is -2.22. The van der Waals surface area contributed by atoms with E-state index in [1.807, 2.05) is 12.1 Å². The summed E-state index contributed by atoms with van der Waals surface area (Å²) in [7, 11) is -0.581. The Labute approximate surface area is 159 Å². The van der Waals surface area contributed by atoms with Gasteiger partial charge in [-0.25, -0.2) is 8.42 Å². The summed E-state index contributed by atoms with van der Waals surface area (Å²) in [6, 6.07) is 9.40. The Morgan fingerprint density at radius 3 is 2.46 bits per heavy atom. The van der Waals surface area contributed by atoms with Crippen LogP contribution in [0.2, 0.25) is 5.02 Å². The topological polar surface area (TPSA) is 70.6 Å². The third-order valence-electron chi connectivity index (χ3n) is 4.04. The van der Waals surface area contributed by atoms with Crippen LogP contribution in [0.3, 0.4) is 0 Å². The van der Waals surface area contributed by atoms with Crippen molar-refractivity contribution >= 4 is 27.5 Å². The van der Waals surface area contributed by atoms with Gasteiger partial charge >= 0.3 is 0 Å². The number of hydrogen-bond donors (Lipinski definition) is 0. The van der Waals surface area contributed by atoms with Crippen molar-refractivity contribution in [3.8, 4) is 0 Å². The molecular weight excluding hydrogens is 374 g/mol. The largest absolute Gasteiger partial charge is 0.336 e. The van der Waals surface area contributed by atoms with Crippen LogP contribution in [0.25, 0.3) is 0 Å². The van der Waals surface area contributed by atoms with Crippen molar-refractivity contribution in [1.29, 1.82) is 0 Å². The molecule has 0 unspecified atom stereocenters. The molecule has 0 N–H and O–H groups in total. The summed E-state index contributed by atoms with van der Waals surface area (Å²) < 4.78 is 26.6. The maximum Gasteiger partial charge on any atom is 0.255 e. The molecule has 1 heterocycles. The number of pyridine rings is 1. The second-order valence-corrected chi connectivity index (χ2v) is 8.64. The molecule has 0 spiro atoms. The van der Waals surface area contributed by atoms with Crippen LogP contribution < -0.4 is 0 Å². The molecule has 0 aliphatic heterocycles. The van der Waals surface area contributed by atoms with Crippen LogP contribution in [0.1, 0.15) is 29.9 Å². The van der Waals surface area contributed by atoms with Crippen LogP contribution >= 0.6 is 11.6 Å². The van der Waals surface area contributed by atoms with E-state index in [1.165, 1.54) is 34.5 Å². The number of rotatable bonds is 6. The molecule has 0 saturated carbocycles. The fourth-order valence-corrected chi connectivity index (χ4v) is 3.88. The van der Waals surface area contributed by atoms with E-state index >= 15 is 0 Å². The summed E-state index contributed by atoms with van der Waals surface area (Å²) in [6.07, 6.45) is 1.65. The molecule has 0 fully saturated rings. The van der Waals surface area contributed by atoms with Crippen LogP contribution in [0, 0.1) is 0 Å². The molecule has 6 nitrogen and oxygen atoms in total. The summed E-state index contributed by atoms with van der Waals surface area (Å²) >= 11 is 6.16. The zero-order chi connectivity index (χ0) is 19.5. The van der Waals surface area contributed by atoms with Crippen LogP contribution in [0.4, 0.5) is 0 Å². The first-order valence-corrected chi connectivity index (χ1v) is 9.89. The summed E-state index contributed by atoms with van der Waals surface area (Å²) in [5.74, 6) is -0.370. The number of carbonyl (C=O) groups is 1. The number of benzene rings is 1. The first-order chi connectivity index (χ1) is 12.1. The highest BCUT2D eigenvalue weighted by molar-refractivity contribution is 7.89. The van der Waals surface area contributed by atoms with Crippen molar-refractivity contribution < 1.29 is 13.2 Å². The van der Waals surface area contributed by atoms with E-state index in [-0.39, 0.29) is 27.4 Å². The number of sulfonamides is 1. The molecule has 0 aliphatic rings. The van der Waals surface area contributed by atoms with E-state index in [4.69, 9.17) is 11.6 Å². The normalized spacial score (nSPS) is 11.8. The third kappa shape index (κ3) is 4.41. The number of amides is 1. The molecule has 1 aromatic carbocycles. The average Bonchev–Trinajstić information content (AvgIpc) is 2.61. The molecular formula is C18H22ClN3O3S. The lowest BCUT2D eigenvalue weighted by molar-refractivity contribution is 0.0783. The molecule has 0 aliphatic carbocycles. The molecule has 0 saturated heterocycles. The number of aromatic nitrogens is 1. The maximum absolute atomic E-state index is 12.8. The van der Waals surface area contributed by atoms with Gasteiger partial charge in [0.1, 0.15) is 0 Å². The van der Waals surface area contributed by atoms with E-state index < -0.39 is 10.0 Å². The monoisotopic (exact) mass is 395 g/mol. The van der Waals surface area contributed by atoms with Gasteiger partial charge in [0, 0.05) is 26.3 Å². The Hall–Kier alpha value is -1.96. The second kappa shape index (κ2) is 8.16. The Bertz CT molecular complexity index is 886. The summed E-state index contributed by atoms with van der Waals surface area (Å²) in [5.41, 5.74) is 0.867. The summed E-state index contributed by atoms with van der Waals surface area (Å²) in [4.78, 5) is 18.4. The molecule has 1 amide bonds. The van der Waals surface area contributed by atoms with Crippen molar-refractivity contribution in [1.82, 2.24) is 14.2 Å². The quantitative estimate of drug-likeness (QED) is 0.753. The van der Waals surface area contributed by atoms with Gasteiger partial charge < -0.3 is 4.90 Å². The predicted octanol–water partition coefficient (Wildman–Crippen LogP) is 3.04. The van der Waals surface area contributed by atoms with Gasteiger partial charge in [-0.05, 0) is 44.2 Å². The Balaban J connectivity index is 2.33. The van der Waals surface area contributed by atoms with Crippen LogP contribution in [0.15, 0.2) is 47.5 Å². The minimum Gasteiger partial charge on any atom is -0.336 e. The molecule has 0 atom stereocenters. The molecule has 26 heavy (non-hydrogen) atoms. The maximum atomic E-state index is 12.8. The second-order valence-electron chi connectivity index (χ2n) is 6.24. The molecule has 8 heteroatoms. The van der Waals surface area contributed by atoms with Crippen molar-refractivity contribution in [3.63, 3.8) is 0 Å². The molecule has 0 bridgehead atoms. The number of carbonyl (C=O) groups excluding carboxylic acids is 1. The number of nitrogens with zero attached hydrogens (tertiary/aromatic N) is 3. The zero-order valence-electron chi connectivity index (χ0n) is 15.2. The van der Waals surface area contributed by atoms with Gasteiger partial charge in [0.05, 0.1) is 27.7 Å². The fraction of sp³-hybridized carbons (Fsp3) is 0.333. The van der Waals surface area contributed by atoms with Crippen LogP contribution in [-0.2, 0) is 16.6 Å². The van der Waals surface area contributed by atoms with Gasteiger partial charge in [0.25, 0.3) is 5.91 Å². The highest BCUT2D eigenvalue weighted by Crippen LogP contribution is 2.24. The SMILES string of the molecule is CC(C)N(C)S(=O)(=O)c1ccc(Cl)c(C(=O)N(C)Cc2ccccn2)c1. The van der Waals surface area contributed by atoms with Crippen LogP contribution in [0.5, 0.6) is 0 Å². The molecule has 2 rings (SSSR count). The molecule has 1 aromatic heterocycles. The first kappa shape index (κ1) is 20.4. The van der Waals surface area contributed by atoms with Crippen molar-refractivity contribution in [2.45, 2.75) is 31.3 Å². The Morgan fingerprint density at radius 2 is 1.88 bits per heavy atom. The molecule has 0 radical (unpaired) electrons. The van der Waals surface area contributed by atoms with E-state index in [9.17, 15) is 13.2 Å². The average molecular weight is 396 g/mol.